The first-order valence-electron chi connectivity index (χ1n) is 9.18. The first kappa shape index (κ1) is 20.8. The van der Waals surface area contributed by atoms with Gasteiger partial charge in [0.15, 0.2) is 11.5 Å². The van der Waals surface area contributed by atoms with Crippen molar-refractivity contribution in [2.24, 2.45) is 11.7 Å². The average molecular weight is 338 g/mol. The van der Waals surface area contributed by atoms with Gasteiger partial charge in [0.2, 0.25) is 0 Å². The standard InChI is InChI=1S/C20H35NO3/c1-5-20(21,14-22)12-11-17-9-10-19(18(23)13-17)24-16(4)8-6-7-15(2)3/h9-10,13,15-16,22-23H,5-8,11-12,14,21H2,1-4H3/t16?,20-/m0/s1. The third kappa shape index (κ3) is 7.10. The lowest BCUT2D eigenvalue weighted by atomic mass is 9.90. The van der Waals surface area contributed by atoms with Crippen LogP contribution in [-0.2, 0) is 6.42 Å². The number of aliphatic hydroxyl groups excluding tert-OH is 1. The van der Waals surface area contributed by atoms with Crippen LogP contribution in [0.1, 0.15) is 65.4 Å². The molecule has 0 aliphatic rings. The highest BCUT2D eigenvalue weighted by atomic mass is 16.5. The monoisotopic (exact) mass is 337 g/mol. The van der Waals surface area contributed by atoms with Crippen molar-refractivity contribution in [3.63, 3.8) is 0 Å². The Bertz CT molecular complexity index is 484. The summed E-state index contributed by atoms with van der Waals surface area (Å²) in [6.45, 7) is 8.44. The van der Waals surface area contributed by atoms with Crippen LogP contribution < -0.4 is 10.5 Å². The molecule has 1 unspecified atom stereocenters. The summed E-state index contributed by atoms with van der Waals surface area (Å²) < 4.78 is 5.85. The predicted molar refractivity (Wildman–Crippen MR) is 99.5 cm³/mol. The van der Waals surface area contributed by atoms with Gasteiger partial charge < -0.3 is 20.7 Å². The third-order valence-electron chi connectivity index (χ3n) is 4.67. The second-order valence-corrected chi connectivity index (χ2v) is 7.43. The van der Waals surface area contributed by atoms with Crippen molar-refractivity contribution in [2.45, 2.75) is 77.9 Å². The molecule has 0 bridgehead atoms. The SMILES string of the molecule is CC[C@@](N)(CO)CCc1ccc(OC(C)CCCC(C)C)c(O)c1. The maximum absolute atomic E-state index is 10.2. The van der Waals surface area contributed by atoms with Gasteiger partial charge in [-0.05, 0) is 62.6 Å². The Balaban J connectivity index is 2.55. The molecule has 1 rings (SSSR count). The van der Waals surface area contributed by atoms with Gasteiger partial charge in [0.25, 0.3) is 0 Å². The van der Waals surface area contributed by atoms with E-state index in [1.807, 2.05) is 26.0 Å². The van der Waals surface area contributed by atoms with Crippen LogP contribution in [0.2, 0.25) is 0 Å². The minimum Gasteiger partial charge on any atom is -0.504 e. The maximum Gasteiger partial charge on any atom is 0.161 e. The molecule has 0 aliphatic carbocycles. The summed E-state index contributed by atoms with van der Waals surface area (Å²) in [4.78, 5) is 0. The van der Waals surface area contributed by atoms with E-state index in [4.69, 9.17) is 10.5 Å². The quantitative estimate of drug-likeness (QED) is 0.570. The molecule has 0 fully saturated rings. The highest BCUT2D eigenvalue weighted by Gasteiger charge is 2.21. The molecule has 1 aromatic carbocycles. The molecule has 0 aromatic heterocycles. The first-order valence-corrected chi connectivity index (χ1v) is 9.18. The molecular weight excluding hydrogens is 302 g/mol. The van der Waals surface area contributed by atoms with Crippen LogP contribution in [0.3, 0.4) is 0 Å². The predicted octanol–water partition coefficient (Wildman–Crippen LogP) is 4.02. The van der Waals surface area contributed by atoms with Crippen LogP contribution in [0, 0.1) is 5.92 Å². The van der Waals surface area contributed by atoms with Gasteiger partial charge >= 0.3 is 0 Å². The van der Waals surface area contributed by atoms with Gasteiger partial charge in [-0.1, -0.05) is 33.3 Å². The molecule has 0 amide bonds. The smallest absolute Gasteiger partial charge is 0.161 e. The molecule has 0 radical (unpaired) electrons. The van der Waals surface area contributed by atoms with Crippen LogP contribution in [0.5, 0.6) is 11.5 Å². The molecule has 24 heavy (non-hydrogen) atoms. The van der Waals surface area contributed by atoms with Crippen LogP contribution >= 0.6 is 0 Å². The molecule has 4 heteroatoms. The number of aryl methyl sites for hydroxylation is 1. The van der Waals surface area contributed by atoms with Crippen molar-refractivity contribution in [1.82, 2.24) is 0 Å². The first-order chi connectivity index (χ1) is 11.3. The van der Waals surface area contributed by atoms with Crippen LogP contribution in [0.4, 0.5) is 0 Å². The van der Waals surface area contributed by atoms with Gasteiger partial charge in [-0.25, -0.2) is 0 Å². The Morgan fingerprint density at radius 3 is 2.46 bits per heavy atom. The van der Waals surface area contributed by atoms with Crippen molar-refractivity contribution in [2.75, 3.05) is 6.61 Å². The molecule has 0 saturated heterocycles. The van der Waals surface area contributed by atoms with E-state index in [9.17, 15) is 10.2 Å². The Labute approximate surface area is 147 Å². The molecule has 1 aromatic rings. The lowest BCUT2D eigenvalue weighted by Gasteiger charge is -2.25. The van der Waals surface area contributed by atoms with Crippen LogP contribution in [-0.4, -0.2) is 28.5 Å². The summed E-state index contributed by atoms with van der Waals surface area (Å²) in [5, 5.41) is 19.6. The normalized spacial score (nSPS) is 15.3. The fourth-order valence-corrected chi connectivity index (χ4v) is 2.67. The fraction of sp³-hybridized carbons (Fsp3) is 0.700. The van der Waals surface area contributed by atoms with Gasteiger partial charge in [-0.2, -0.15) is 0 Å². The third-order valence-corrected chi connectivity index (χ3v) is 4.67. The second-order valence-electron chi connectivity index (χ2n) is 7.43. The van der Waals surface area contributed by atoms with Gasteiger partial charge in [-0.15, -0.1) is 0 Å². The van der Waals surface area contributed by atoms with Crippen molar-refractivity contribution in [1.29, 1.82) is 0 Å². The van der Waals surface area contributed by atoms with E-state index in [1.54, 1.807) is 6.07 Å². The summed E-state index contributed by atoms with van der Waals surface area (Å²) in [7, 11) is 0. The van der Waals surface area contributed by atoms with Gasteiger partial charge in [0.1, 0.15) is 0 Å². The lowest BCUT2D eigenvalue weighted by Crippen LogP contribution is -2.43. The van der Waals surface area contributed by atoms with E-state index in [0.29, 0.717) is 18.1 Å². The Hall–Kier alpha value is -1.26. The number of hydrogen-bond donors (Lipinski definition) is 3. The van der Waals surface area contributed by atoms with Crippen molar-refractivity contribution < 1.29 is 14.9 Å². The summed E-state index contributed by atoms with van der Waals surface area (Å²) in [6, 6.07) is 5.53. The van der Waals surface area contributed by atoms with E-state index in [1.165, 1.54) is 6.42 Å². The number of aromatic hydroxyl groups is 1. The Kier molecular flexibility index (Phi) is 8.57. The number of phenols is 1. The average Bonchev–Trinajstić information content (AvgIpc) is 2.54. The number of hydrogen-bond acceptors (Lipinski definition) is 4. The number of ether oxygens (including phenoxy) is 1. The van der Waals surface area contributed by atoms with Gasteiger partial charge in [-0.3, -0.25) is 0 Å². The van der Waals surface area contributed by atoms with E-state index in [2.05, 4.69) is 13.8 Å². The maximum atomic E-state index is 10.2. The summed E-state index contributed by atoms with van der Waals surface area (Å²) in [5.41, 5.74) is 6.57. The van der Waals surface area contributed by atoms with E-state index in [-0.39, 0.29) is 18.5 Å². The van der Waals surface area contributed by atoms with E-state index < -0.39 is 5.54 Å². The van der Waals surface area contributed by atoms with Crippen LogP contribution in [0.25, 0.3) is 0 Å². The highest BCUT2D eigenvalue weighted by molar-refractivity contribution is 5.42. The number of phenolic OH excluding ortho intramolecular Hbond substituents is 1. The molecular formula is C20H35NO3. The summed E-state index contributed by atoms with van der Waals surface area (Å²) in [5.74, 6) is 1.42. The van der Waals surface area contributed by atoms with Gasteiger partial charge in [0, 0.05) is 5.54 Å². The molecule has 4 N–H and O–H groups in total. The zero-order chi connectivity index (χ0) is 18.2. The molecule has 0 saturated carbocycles. The minimum atomic E-state index is -0.546. The van der Waals surface area contributed by atoms with Crippen molar-refractivity contribution in [3.05, 3.63) is 23.8 Å². The fourth-order valence-electron chi connectivity index (χ4n) is 2.67. The summed E-state index contributed by atoms with van der Waals surface area (Å²) in [6.07, 6.45) is 5.54. The highest BCUT2D eigenvalue weighted by Crippen LogP contribution is 2.29. The minimum absolute atomic E-state index is 0.0232. The molecule has 0 heterocycles. The number of aliphatic hydroxyl groups is 1. The number of benzene rings is 1. The van der Waals surface area contributed by atoms with E-state index >= 15 is 0 Å². The van der Waals surface area contributed by atoms with E-state index in [0.717, 1.165) is 31.2 Å². The molecule has 0 spiro atoms. The molecule has 138 valence electrons. The number of rotatable bonds is 11. The zero-order valence-electron chi connectivity index (χ0n) is 15.7. The Morgan fingerprint density at radius 2 is 1.92 bits per heavy atom. The van der Waals surface area contributed by atoms with Gasteiger partial charge in [0.05, 0.1) is 12.7 Å². The second kappa shape index (κ2) is 9.90. The summed E-state index contributed by atoms with van der Waals surface area (Å²) >= 11 is 0. The molecule has 2 atom stereocenters. The topological polar surface area (TPSA) is 75.7 Å². The lowest BCUT2D eigenvalue weighted by molar-refractivity contribution is 0.182. The number of nitrogens with two attached hydrogens (primary N) is 1. The molecule has 0 aliphatic heterocycles. The zero-order valence-corrected chi connectivity index (χ0v) is 15.7. The Morgan fingerprint density at radius 1 is 1.21 bits per heavy atom. The largest absolute Gasteiger partial charge is 0.504 e. The van der Waals surface area contributed by atoms with Crippen molar-refractivity contribution in [3.8, 4) is 11.5 Å². The molecule has 4 nitrogen and oxygen atoms in total. The van der Waals surface area contributed by atoms with Crippen molar-refractivity contribution >= 4 is 0 Å². The van der Waals surface area contributed by atoms with Crippen LogP contribution in [0.15, 0.2) is 18.2 Å².